The van der Waals surface area contributed by atoms with E-state index in [0.717, 1.165) is 11.4 Å². The normalized spacial score (nSPS) is 10.0. The van der Waals surface area contributed by atoms with Crippen LogP contribution in [0.15, 0.2) is 42.6 Å². The van der Waals surface area contributed by atoms with E-state index >= 15 is 0 Å². The number of pyridine rings is 1. The molecule has 0 atom stereocenters. The number of benzene rings is 1. The van der Waals surface area contributed by atoms with E-state index in [1.54, 1.807) is 30.5 Å². The lowest BCUT2D eigenvalue weighted by Gasteiger charge is -2.16. The highest BCUT2D eigenvalue weighted by Gasteiger charge is 2.10. The van der Waals surface area contributed by atoms with Crippen LogP contribution in [0.25, 0.3) is 0 Å². The number of anilines is 1. The summed E-state index contributed by atoms with van der Waals surface area (Å²) in [6.45, 7) is 0.374. The van der Waals surface area contributed by atoms with Gasteiger partial charge in [0.2, 0.25) is 0 Å². The molecule has 23 heavy (non-hydrogen) atoms. The summed E-state index contributed by atoms with van der Waals surface area (Å²) in [5.41, 5.74) is 1.82. The highest BCUT2D eigenvalue weighted by molar-refractivity contribution is 5.96. The van der Waals surface area contributed by atoms with Crippen LogP contribution in [-0.2, 0) is 11.3 Å². The Morgan fingerprint density at radius 2 is 1.78 bits per heavy atom. The number of nitrogens with one attached hydrogen (secondary N) is 1. The third kappa shape index (κ3) is 4.06. The van der Waals surface area contributed by atoms with Crippen molar-refractivity contribution in [2.75, 3.05) is 26.1 Å². The lowest BCUT2D eigenvalue weighted by molar-refractivity contribution is 0.0600. The lowest BCUT2D eigenvalue weighted by atomic mass is 10.1. The number of methoxy groups -OCH3 is 1. The Bertz CT molecular complexity index is 696. The number of amides is 1. The van der Waals surface area contributed by atoms with Gasteiger partial charge in [-0.2, -0.15) is 0 Å². The van der Waals surface area contributed by atoms with Gasteiger partial charge in [-0.25, -0.2) is 9.78 Å². The van der Waals surface area contributed by atoms with Gasteiger partial charge < -0.3 is 15.0 Å². The van der Waals surface area contributed by atoms with E-state index in [4.69, 9.17) is 0 Å². The highest BCUT2D eigenvalue weighted by Crippen LogP contribution is 2.14. The summed E-state index contributed by atoms with van der Waals surface area (Å²) in [5, 5.41) is 2.85. The Morgan fingerprint density at radius 1 is 1.13 bits per heavy atom. The second-order valence-electron chi connectivity index (χ2n) is 5.13. The van der Waals surface area contributed by atoms with Crippen LogP contribution in [0.4, 0.5) is 5.82 Å². The molecule has 2 aromatic rings. The second kappa shape index (κ2) is 7.40. The van der Waals surface area contributed by atoms with Gasteiger partial charge in [-0.1, -0.05) is 6.07 Å². The van der Waals surface area contributed by atoms with Crippen LogP contribution in [0.1, 0.15) is 26.3 Å². The van der Waals surface area contributed by atoms with Gasteiger partial charge in [0.1, 0.15) is 5.82 Å². The van der Waals surface area contributed by atoms with Crippen molar-refractivity contribution in [3.05, 3.63) is 59.3 Å². The molecule has 1 aromatic heterocycles. The van der Waals surface area contributed by atoms with Crippen LogP contribution in [-0.4, -0.2) is 38.1 Å². The van der Waals surface area contributed by atoms with Crippen LogP contribution in [0.2, 0.25) is 0 Å². The summed E-state index contributed by atoms with van der Waals surface area (Å²) < 4.78 is 4.63. The summed E-state index contributed by atoms with van der Waals surface area (Å²) in [6, 6.07) is 10.1. The molecule has 1 aromatic carbocycles. The molecule has 1 amide bonds. The summed E-state index contributed by atoms with van der Waals surface area (Å²) in [7, 11) is 5.12. The van der Waals surface area contributed by atoms with Gasteiger partial charge in [0, 0.05) is 38.0 Å². The first-order chi connectivity index (χ1) is 11.0. The predicted molar refractivity (Wildman–Crippen MR) is 87.5 cm³/mol. The van der Waals surface area contributed by atoms with E-state index in [2.05, 4.69) is 15.0 Å². The minimum atomic E-state index is -0.428. The van der Waals surface area contributed by atoms with Crippen molar-refractivity contribution in [1.29, 1.82) is 0 Å². The van der Waals surface area contributed by atoms with Crippen molar-refractivity contribution in [2.45, 2.75) is 6.54 Å². The number of hydrogen-bond acceptors (Lipinski definition) is 5. The summed E-state index contributed by atoms with van der Waals surface area (Å²) >= 11 is 0. The molecule has 120 valence electrons. The van der Waals surface area contributed by atoms with Gasteiger partial charge >= 0.3 is 5.97 Å². The zero-order chi connectivity index (χ0) is 16.8. The van der Waals surface area contributed by atoms with Crippen LogP contribution in [0.5, 0.6) is 0 Å². The monoisotopic (exact) mass is 313 g/mol. The average Bonchev–Trinajstić information content (AvgIpc) is 2.59. The summed E-state index contributed by atoms with van der Waals surface area (Å²) in [6.07, 6.45) is 1.71. The van der Waals surface area contributed by atoms with Crippen LogP contribution >= 0.6 is 0 Å². The highest BCUT2D eigenvalue weighted by atomic mass is 16.5. The Balaban J connectivity index is 2.04. The molecule has 2 rings (SSSR count). The second-order valence-corrected chi connectivity index (χ2v) is 5.13. The Morgan fingerprint density at radius 3 is 2.39 bits per heavy atom. The molecule has 0 radical (unpaired) electrons. The fourth-order valence-electron chi connectivity index (χ4n) is 2.12. The predicted octanol–water partition coefficient (Wildman–Crippen LogP) is 1.86. The van der Waals surface area contributed by atoms with Crippen LogP contribution in [0.3, 0.4) is 0 Å². The molecular formula is C17H19N3O3. The number of rotatable bonds is 5. The van der Waals surface area contributed by atoms with Crippen molar-refractivity contribution in [2.24, 2.45) is 0 Å². The molecule has 1 N–H and O–H groups in total. The van der Waals surface area contributed by atoms with E-state index in [0.29, 0.717) is 17.7 Å². The lowest BCUT2D eigenvalue weighted by Crippen LogP contribution is -2.24. The first-order valence-electron chi connectivity index (χ1n) is 7.10. The zero-order valence-corrected chi connectivity index (χ0v) is 13.4. The quantitative estimate of drug-likeness (QED) is 0.853. The molecule has 0 bridgehead atoms. The van der Waals surface area contributed by atoms with Gasteiger partial charge in [-0.15, -0.1) is 0 Å². The fraction of sp³-hybridized carbons (Fsp3) is 0.235. The SMILES string of the molecule is COC(=O)c1ccc(C(=O)NCc2cccnc2N(C)C)cc1. The number of carbonyl (C=O) groups is 2. The third-order valence-electron chi connectivity index (χ3n) is 3.30. The van der Waals surface area contributed by atoms with Crippen molar-refractivity contribution in [3.63, 3.8) is 0 Å². The average molecular weight is 313 g/mol. The smallest absolute Gasteiger partial charge is 0.337 e. The van der Waals surface area contributed by atoms with Crippen LogP contribution < -0.4 is 10.2 Å². The Labute approximate surface area is 135 Å². The molecular weight excluding hydrogens is 294 g/mol. The molecule has 0 aliphatic heterocycles. The van der Waals surface area contributed by atoms with E-state index in [-0.39, 0.29) is 5.91 Å². The van der Waals surface area contributed by atoms with Crippen LogP contribution in [0, 0.1) is 0 Å². The minimum absolute atomic E-state index is 0.213. The van der Waals surface area contributed by atoms with Gasteiger partial charge in [0.15, 0.2) is 0 Å². The van der Waals surface area contributed by atoms with E-state index < -0.39 is 5.97 Å². The maximum absolute atomic E-state index is 12.2. The molecule has 1 heterocycles. The molecule has 0 aliphatic rings. The molecule has 6 heteroatoms. The van der Waals surface area contributed by atoms with E-state index in [1.807, 2.05) is 31.1 Å². The number of hydrogen-bond donors (Lipinski definition) is 1. The number of aromatic nitrogens is 1. The number of carbonyl (C=O) groups excluding carboxylic acids is 2. The molecule has 6 nitrogen and oxygen atoms in total. The van der Waals surface area contributed by atoms with Crippen molar-refractivity contribution < 1.29 is 14.3 Å². The van der Waals surface area contributed by atoms with E-state index in [1.165, 1.54) is 7.11 Å². The van der Waals surface area contributed by atoms with Crippen molar-refractivity contribution in [3.8, 4) is 0 Å². The first-order valence-corrected chi connectivity index (χ1v) is 7.10. The van der Waals surface area contributed by atoms with Gasteiger partial charge in [0.05, 0.1) is 12.7 Å². The molecule has 0 unspecified atom stereocenters. The van der Waals surface area contributed by atoms with Crippen molar-refractivity contribution in [1.82, 2.24) is 10.3 Å². The largest absolute Gasteiger partial charge is 0.465 e. The maximum Gasteiger partial charge on any atom is 0.337 e. The molecule has 0 fully saturated rings. The van der Waals surface area contributed by atoms with Gasteiger partial charge in [-0.3, -0.25) is 4.79 Å². The fourth-order valence-corrected chi connectivity index (χ4v) is 2.12. The first kappa shape index (κ1) is 16.5. The maximum atomic E-state index is 12.2. The topological polar surface area (TPSA) is 71.5 Å². The number of esters is 1. The molecule has 0 saturated heterocycles. The zero-order valence-electron chi connectivity index (χ0n) is 13.4. The summed E-state index contributed by atoms with van der Waals surface area (Å²) in [4.78, 5) is 29.7. The number of ether oxygens (including phenoxy) is 1. The number of nitrogens with zero attached hydrogens (tertiary/aromatic N) is 2. The molecule has 0 saturated carbocycles. The summed E-state index contributed by atoms with van der Waals surface area (Å²) in [5.74, 6) is 0.173. The Hall–Kier alpha value is -2.89. The molecule has 0 spiro atoms. The van der Waals surface area contributed by atoms with E-state index in [9.17, 15) is 9.59 Å². The van der Waals surface area contributed by atoms with Gasteiger partial charge in [-0.05, 0) is 30.3 Å². The standard InChI is InChI=1S/C17H19N3O3/c1-20(2)15-14(5-4-10-18-15)11-19-16(21)12-6-8-13(9-7-12)17(22)23-3/h4-10H,11H2,1-3H3,(H,19,21). The third-order valence-corrected chi connectivity index (χ3v) is 3.30. The molecule has 0 aliphatic carbocycles. The van der Waals surface area contributed by atoms with Crippen molar-refractivity contribution >= 4 is 17.7 Å². The van der Waals surface area contributed by atoms with Gasteiger partial charge in [0.25, 0.3) is 5.91 Å². The minimum Gasteiger partial charge on any atom is -0.465 e. The Kier molecular flexibility index (Phi) is 5.30.